The largest absolute Gasteiger partial charge is 0.376 e. The van der Waals surface area contributed by atoms with Gasteiger partial charge < -0.3 is 19.5 Å². The van der Waals surface area contributed by atoms with E-state index in [9.17, 15) is 10.1 Å². The highest BCUT2D eigenvalue weighted by Crippen LogP contribution is 2.41. The van der Waals surface area contributed by atoms with Crippen LogP contribution in [0.2, 0.25) is 0 Å². The first-order chi connectivity index (χ1) is 16.6. The first-order valence-electron chi connectivity index (χ1n) is 12.4. The fourth-order valence-corrected chi connectivity index (χ4v) is 5.78. The summed E-state index contributed by atoms with van der Waals surface area (Å²) >= 11 is 1.42. The molecule has 9 nitrogen and oxygen atoms in total. The van der Waals surface area contributed by atoms with Crippen LogP contribution < -0.4 is 10.2 Å². The molecule has 1 unspecified atom stereocenters. The predicted octanol–water partition coefficient (Wildman–Crippen LogP) is 3.80. The summed E-state index contributed by atoms with van der Waals surface area (Å²) in [5.74, 6) is 1.61. The van der Waals surface area contributed by atoms with Gasteiger partial charge in [0.15, 0.2) is 5.16 Å². The van der Waals surface area contributed by atoms with Crippen LogP contribution in [0.25, 0.3) is 0 Å². The summed E-state index contributed by atoms with van der Waals surface area (Å²) in [6, 6.07) is 2.73. The molecule has 2 aliphatic heterocycles. The number of piperidine rings is 1. The standard InChI is InChI=1S/C24H33N7O2S/c1-16-17(2)30(14-19-7-6-12-33-19)22(20(16)13-25)26-21(32)15-34-24-28-27-23(31(24)18-8-9-18)29-10-4-3-5-11-29/h18-19H,3-12,14-15H2,1-2H3,(H,26,32). The normalized spacial score (nSPS) is 20.5. The summed E-state index contributed by atoms with van der Waals surface area (Å²) in [6.45, 7) is 7.39. The van der Waals surface area contributed by atoms with Crippen LogP contribution >= 0.6 is 11.8 Å². The number of hydrogen-bond donors (Lipinski definition) is 1. The second-order valence-corrected chi connectivity index (χ2v) is 10.5. The van der Waals surface area contributed by atoms with Gasteiger partial charge in [-0.3, -0.25) is 9.36 Å². The fourth-order valence-electron chi connectivity index (χ4n) is 4.98. The second kappa shape index (κ2) is 10.0. The minimum Gasteiger partial charge on any atom is -0.376 e. The molecule has 2 aromatic heterocycles. The van der Waals surface area contributed by atoms with E-state index in [1.807, 2.05) is 18.4 Å². The Balaban J connectivity index is 1.29. The third-order valence-electron chi connectivity index (χ3n) is 7.14. The van der Waals surface area contributed by atoms with Crippen molar-refractivity contribution in [3.63, 3.8) is 0 Å². The Morgan fingerprint density at radius 1 is 1.18 bits per heavy atom. The second-order valence-electron chi connectivity index (χ2n) is 9.56. The van der Waals surface area contributed by atoms with E-state index >= 15 is 0 Å². The quantitative estimate of drug-likeness (QED) is 0.570. The van der Waals surface area contributed by atoms with Crippen molar-refractivity contribution in [3.05, 3.63) is 16.8 Å². The predicted molar refractivity (Wildman–Crippen MR) is 131 cm³/mol. The van der Waals surface area contributed by atoms with Crippen LogP contribution in [0.3, 0.4) is 0 Å². The van der Waals surface area contributed by atoms with E-state index in [1.165, 1.54) is 31.0 Å². The average Bonchev–Trinajstić information content (AvgIpc) is 3.30. The van der Waals surface area contributed by atoms with Gasteiger partial charge in [-0.2, -0.15) is 5.26 Å². The molecule has 1 saturated carbocycles. The maximum Gasteiger partial charge on any atom is 0.235 e. The van der Waals surface area contributed by atoms with Crippen molar-refractivity contribution in [1.29, 1.82) is 5.26 Å². The van der Waals surface area contributed by atoms with E-state index in [1.54, 1.807) is 0 Å². The van der Waals surface area contributed by atoms with Crippen LogP contribution in [0, 0.1) is 25.2 Å². The van der Waals surface area contributed by atoms with Crippen molar-refractivity contribution in [1.82, 2.24) is 19.3 Å². The minimum absolute atomic E-state index is 0.118. The van der Waals surface area contributed by atoms with Gasteiger partial charge in [0, 0.05) is 31.4 Å². The van der Waals surface area contributed by atoms with E-state index in [2.05, 4.69) is 31.1 Å². The van der Waals surface area contributed by atoms with Gasteiger partial charge in [-0.25, -0.2) is 0 Å². The van der Waals surface area contributed by atoms with Crippen molar-refractivity contribution in [3.8, 4) is 6.07 Å². The molecule has 5 rings (SSSR count). The highest BCUT2D eigenvalue weighted by molar-refractivity contribution is 7.99. The first kappa shape index (κ1) is 23.2. The molecule has 1 amide bonds. The summed E-state index contributed by atoms with van der Waals surface area (Å²) in [7, 11) is 0. The Labute approximate surface area is 204 Å². The molecular weight excluding hydrogens is 450 g/mol. The molecule has 1 aliphatic carbocycles. The highest BCUT2D eigenvalue weighted by Gasteiger charge is 2.32. The van der Waals surface area contributed by atoms with E-state index in [-0.39, 0.29) is 17.8 Å². The SMILES string of the molecule is Cc1c(C#N)c(NC(=O)CSc2nnc(N3CCCCC3)n2C2CC2)n(CC2CCCO2)c1C. The number of nitrogens with one attached hydrogen (secondary N) is 1. The zero-order valence-corrected chi connectivity index (χ0v) is 20.9. The molecule has 2 aromatic rings. The summed E-state index contributed by atoms with van der Waals surface area (Å²) in [5, 5.41) is 22.6. The number of anilines is 2. The van der Waals surface area contributed by atoms with Gasteiger partial charge in [0.2, 0.25) is 11.9 Å². The molecule has 3 fully saturated rings. The number of carbonyl (C=O) groups is 1. The van der Waals surface area contributed by atoms with Crippen LogP contribution in [0.15, 0.2) is 5.16 Å². The molecular formula is C24H33N7O2S. The molecule has 0 radical (unpaired) electrons. The molecule has 1 atom stereocenters. The first-order valence-corrected chi connectivity index (χ1v) is 13.4. The number of carbonyl (C=O) groups excluding carboxylic acids is 1. The monoisotopic (exact) mass is 483 g/mol. The summed E-state index contributed by atoms with van der Waals surface area (Å²) < 4.78 is 10.1. The van der Waals surface area contributed by atoms with Crippen molar-refractivity contribution in [2.45, 2.75) is 82.6 Å². The topological polar surface area (TPSA) is 101 Å². The Bertz CT molecular complexity index is 1090. The van der Waals surface area contributed by atoms with Crippen molar-refractivity contribution < 1.29 is 9.53 Å². The van der Waals surface area contributed by atoms with Gasteiger partial charge in [-0.1, -0.05) is 11.8 Å². The molecule has 0 bridgehead atoms. The van der Waals surface area contributed by atoms with Gasteiger partial charge in [0.05, 0.1) is 24.0 Å². The van der Waals surface area contributed by atoms with Crippen LogP contribution in [0.5, 0.6) is 0 Å². The maximum atomic E-state index is 13.0. The van der Waals surface area contributed by atoms with Crippen molar-refractivity contribution in [2.75, 3.05) is 35.7 Å². The zero-order valence-electron chi connectivity index (χ0n) is 20.0. The van der Waals surface area contributed by atoms with E-state index < -0.39 is 0 Å². The van der Waals surface area contributed by atoms with Gasteiger partial charge in [-0.05, 0) is 64.4 Å². The number of rotatable bonds is 8. The van der Waals surface area contributed by atoms with Gasteiger partial charge in [-0.15, -0.1) is 10.2 Å². The van der Waals surface area contributed by atoms with Gasteiger partial charge in [0.25, 0.3) is 0 Å². The zero-order chi connectivity index (χ0) is 23.7. The van der Waals surface area contributed by atoms with E-state index in [0.717, 1.165) is 67.7 Å². The summed E-state index contributed by atoms with van der Waals surface area (Å²) in [4.78, 5) is 15.4. The maximum absolute atomic E-state index is 13.0. The molecule has 10 heteroatoms. The number of thioether (sulfide) groups is 1. The van der Waals surface area contributed by atoms with Crippen LogP contribution in [0.1, 0.15) is 67.8 Å². The van der Waals surface area contributed by atoms with E-state index in [0.29, 0.717) is 24.0 Å². The molecule has 4 heterocycles. The molecule has 2 saturated heterocycles. The summed E-state index contributed by atoms with van der Waals surface area (Å²) in [6.07, 6.45) is 8.09. The minimum atomic E-state index is -0.141. The summed E-state index contributed by atoms with van der Waals surface area (Å²) in [5.41, 5.74) is 2.43. The van der Waals surface area contributed by atoms with Crippen LogP contribution in [-0.2, 0) is 16.1 Å². The molecule has 1 N–H and O–H groups in total. The Morgan fingerprint density at radius 3 is 2.65 bits per heavy atom. The van der Waals surface area contributed by atoms with Crippen LogP contribution in [-0.4, -0.2) is 56.8 Å². The molecule has 34 heavy (non-hydrogen) atoms. The molecule has 182 valence electrons. The number of ether oxygens (including phenoxy) is 1. The van der Waals surface area contributed by atoms with Gasteiger partial charge in [0.1, 0.15) is 11.9 Å². The van der Waals surface area contributed by atoms with Crippen molar-refractivity contribution >= 4 is 29.4 Å². The van der Waals surface area contributed by atoms with Crippen molar-refractivity contribution in [2.24, 2.45) is 0 Å². The highest BCUT2D eigenvalue weighted by atomic mass is 32.2. The Kier molecular flexibility index (Phi) is 6.84. The Morgan fingerprint density at radius 2 is 1.97 bits per heavy atom. The number of nitrogens with zero attached hydrogens (tertiary/aromatic N) is 6. The fraction of sp³-hybridized carbons (Fsp3) is 0.667. The lowest BCUT2D eigenvalue weighted by Gasteiger charge is -2.27. The lowest BCUT2D eigenvalue weighted by molar-refractivity contribution is -0.113. The number of hydrogen-bond acceptors (Lipinski definition) is 7. The number of nitriles is 1. The third-order valence-corrected chi connectivity index (χ3v) is 8.08. The third kappa shape index (κ3) is 4.68. The lowest BCUT2D eigenvalue weighted by Crippen LogP contribution is -2.32. The van der Waals surface area contributed by atoms with Gasteiger partial charge >= 0.3 is 0 Å². The number of aromatic nitrogens is 4. The van der Waals surface area contributed by atoms with Crippen LogP contribution in [0.4, 0.5) is 11.8 Å². The molecule has 3 aliphatic rings. The molecule has 0 spiro atoms. The molecule has 0 aromatic carbocycles. The average molecular weight is 484 g/mol. The number of amides is 1. The lowest BCUT2D eigenvalue weighted by atomic mass is 10.1. The van der Waals surface area contributed by atoms with E-state index in [4.69, 9.17) is 4.74 Å². The smallest absolute Gasteiger partial charge is 0.235 e. The Hall–Kier alpha value is -2.51.